The van der Waals surface area contributed by atoms with E-state index in [0.29, 0.717) is 0 Å². The zero-order chi connectivity index (χ0) is 16.2. The summed E-state index contributed by atoms with van der Waals surface area (Å²) < 4.78 is 0. The van der Waals surface area contributed by atoms with Crippen LogP contribution in [-0.4, -0.2) is 15.0 Å². The molecule has 3 aromatic heterocycles. The molecule has 0 N–H and O–H groups in total. The van der Waals surface area contributed by atoms with Gasteiger partial charge in [0.2, 0.25) is 0 Å². The fourth-order valence-electron chi connectivity index (χ4n) is 1.55. The minimum absolute atomic E-state index is 1.09. The Bertz CT molecular complexity index is 582. The number of rotatable bonds is 0. The van der Waals surface area contributed by atoms with Crippen LogP contribution in [0.4, 0.5) is 0 Å². The van der Waals surface area contributed by atoms with E-state index in [-0.39, 0.29) is 0 Å². The Balaban J connectivity index is 0.000000166. The monoisotopic (exact) mass is 293 g/mol. The Morgan fingerprint density at radius 1 is 0.591 bits per heavy atom. The second-order valence-corrected chi connectivity index (χ2v) is 4.98. The minimum Gasteiger partial charge on any atom is -0.265 e. The first-order valence-electron chi connectivity index (χ1n) is 7.21. The van der Waals surface area contributed by atoms with E-state index < -0.39 is 0 Å². The van der Waals surface area contributed by atoms with E-state index in [1.165, 1.54) is 11.1 Å². The number of aromatic nitrogens is 3. The zero-order valence-corrected chi connectivity index (χ0v) is 13.7. The van der Waals surface area contributed by atoms with Crippen molar-refractivity contribution in [3.05, 3.63) is 89.8 Å². The van der Waals surface area contributed by atoms with Crippen LogP contribution in [0.15, 0.2) is 67.3 Å². The number of pyridine rings is 3. The summed E-state index contributed by atoms with van der Waals surface area (Å²) in [6.07, 6.45) is 7.18. The summed E-state index contributed by atoms with van der Waals surface area (Å²) >= 11 is 0. The highest BCUT2D eigenvalue weighted by atomic mass is 14.7. The smallest absolute Gasteiger partial charge is 0.0375 e. The van der Waals surface area contributed by atoms with Crippen LogP contribution in [0, 0.1) is 27.7 Å². The minimum atomic E-state index is 1.09. The van der Waals surface area contributed by atoms with E-state index in [9.17, 15) is 0 Å². The van der Waals surface area contributed by atoms with Crippen LogP contribution in [0.3, 0.4) is 0 Å². The molecule has 0 aliphatic heterocycles. The fourth-order valence-corrected chi connectivity index (χ4v) is 1.55. The summed E-state index contributed by atoms with van der Waals surface area (Å²) in [4.78, 5) is 11.9. The summed E-state index contributed by atoms with van der Waals surface area (Å²) in [6, 6.07) is 13.9. The average Bonchev–Trinajstić information content (AvgIpc) is 2.50. The predicted octanol–water partition coefficient (Wildman–Crippen LogP) is 4.48. The second kappa shape index (κ2) is 10.2. The van der Waals surface area contributed by atoms with Gasteiger partial charge in [0, 0.05) is 36.2 Å². The van der Waals surface area contributed by atoms with Gasteiger partial charge in [-0.05, 0) is 69.2 Å². The third-order valence-corrected chi connectivity index (χ3v) is 2.68. The second-order valence-electron chi connectivity index (χ2n) is 4.98. The molecule has 114 valence electrons. The molecule has 0 aliphatic rings. The van der Waals surface area contributed by atoms with Crippen LogP contribution in [0.2, 0.25) is 0 Å². The van der Waals surface area contributed by atoms with Crippen molar-refractivity contribution in [2.45, 2.75) is 27.7 Å². The van der Waals surface area contributed by atoms with Gasteiger partial charge >= 0.3 is 0 Å². The van der Waals surface area contributed by atoms with Crippen LogP contribution >= 0.6 is 0 Å². The van der Waals surface area contributed by atoms with Crippen molar-refractivity contribution in [2.75, 3.05) is 0 Å². The molecule has 3 heteroatoms. The lowest BCUT2D eigenvalue weighted by Crippen LogP contribution is -1.81. The molecule has 0 saturated heterocycles. The van der Waals surface area contributed by atoms with Crippen molar-refractivity contribution in [3.8, 4) is 0 Å². The van der Waals surface area contributed by atoms with E-state index >= 15 is 0 Å². The highest BCUT2D eigenvalue weighted by Crippen LogP contribution is 1.93. The molecule has 0 saturated carbocycles. The van der Waals surface area contributed by atoms with Crippen molar-refractivity contribution in [1.29, 1.82) is 0 Å². The SMILES string of the molecule is Cc1cccc(C)n1.Cc1cccnc1.Cc1ccncc1. The molecule has 3 aromatic rings. The van der Waals surface area contributed by atoms with E-state index in [0.717, 1.165) is 11.4 Å². The Hall–Kier alpha value is -2.55. The van der Waals surface area contributed by atoms with Gasteiger partial charge in [-0.15, -0.1) is 0 Å². The highest BCUT2D eigenvalue weighted by Gasteiger charge is 1.82. The maximum absolute atomic E-state index is 4.17. The molecule has 0 aliphatic carbocycles. The van der Waals surface area contributed by atoms with Crippen molar-refractivity contribution in [2.24, 2.45) is 0 Å². The van der Waals surface area contributed by atoms with Gasteiger partial charge in [-0.3, -0.25) is 15.0 Å². The van der Waals surface area contributed by atoms with Gasteiger partial charge in [-0.1, -0.05) is 12.1 Å². The first-order chi connectivity index (χ1) is 10.6. The molecule has 3 heterocycles. The molecule has 3 nitrogen and oxygen atoms in total. The van der Waals surface area contributed by atoms with Crippen LogP contribution in [0.5, 0.6) is 0 Å². The first-order valence-corrected chi connectivity index (χ1v) is 7.21. The lowest BCUT2D eigenvalue weighted by Gasteiger charge is -1.90. The average molecular weight is 293 g/mol. The Labute approximate surface area is 133 Å². The van der Waals surface area contributed by atoms with Crippen molar-refractivity contribution < 1.29 is 0 Å². The Morgan fingerprint density at radius 2 is 1.23 bits per heavy atom. The molecule has 0 amide bonds. The maximum Gasteiger partial charge on any atom is 0.0375 e. The Kier molecular flexibility index (Phi) is 8.13. The molecule has 22 heavy (non-hydrogen) atoms. The lowest BCUT2D eigenvalue weighted by atomic mass is 10.3. The third-order valence-electron chi connectivity index (χ3n) is 2.68. The molecular weight excluding hydrogens is 270 g/mol. The van der Waals surface area contributed by atoms with Crippen molar-refractivity contribution in [1.82, 2.24) is 15.0 Å². The summed E-state index contributed by atoms with van der Waals surface area (Å²) in [5, 5.41) is 0. The number of hydrogen-bond acceptors (Lipinski definition) is 3. The van der Waals surface area contributed by atoms with Gasteiger partial charge < -0.3 is 0 Å². The number of hydrogen-bond donors (Lipinski definition) is 0. The normalized spacial score (nSPS) is 8.91. The standard InChI is InChI=1S/C7H9N.2C6H7N/c1-6-4-3-5-7(2)8-6;1-6-2-4-7-5-3-6;1-6-3-2-4-7-5-6/h3-5H,1-2H3;2*2-5H,1H3. The van der Waals surface area contributed by atoms with Gasteiger partial charge in [0.1, 0.15) is 0 Å². The molecule has 3 rings (SSSR count). The zero-order valence-electron chi connectivity index (χ0n) is 13.7. The van der Waals surface area contributed by atoms with Crippen LogP contribution < -0.4 is 0 Å². The van der Waals surface area contributed by atoms with Crippen LogP contribution in [-0.2, 0) is 0 Å². The van der Waals surface area contributed by atoms with E-state index in [2.05, 4.69) is 15.0 Å². The van der Waals surface area contributed by atoms with Gasteiger partial charge in [-0.2, -0.15) is 0 Å². The lowest BCUT2D eigenvalue weighted by molar-refractivity contribution is 1.12. The van der Waals surface area contributed by atoms with Crippen molar-refractivity contribution in [3.63, 3.8) is 0 Å². The topological polar surface area (TPSA) is 38.7 Å². The maximum atomic E-state index is 4.17. The van der Waals surface area contributed by atoms with Gasteiger partial charge in [-0.25, -0.2) is 0 Å². The molecule has 0 aromatic carbocycles. The van der Waals surface area contributed by atoms with Crippen LogP contribution in [0.25, 0.3) is 0 Å². The van der Waals surface area contributed by atoms with E-state index in [4.69, 9.17) is 0 Å². The summed E-state index contributed by atoms with van der Waals surface area (Å²) in [6.45, 7) is 8.05. The number of nitrogens with zero attached hydrogens (tertiary/aromatic N) is 3. The summed E-state index contributed by atoms with van der Waals surface area (Å²) in [7, 11) is 0. The quantitative estimate of drug-likeness (QED) is 0.613. The third kappa shape index (κ3) is 8.59. The van der Waals surface area contributed by atoms with E-state index in [1.54, 1.807) is 18.6 Å². The predicted molar refractivity (Wildman–Crippen MR) is 91.7 cm³/mol. The summed E-state index contributed by atoms with van der Waals surface area (Å²) in [5.74, 6) is 0. The largest absolute Gasteiger partial charge is 0.265 e. The molecular formula is C19H23N3. The molecule has 0 bridgehead atoms. The van der Waals surface area contributed by atoms with Gasteiger partial charge in [0.25, 0.3) is 0 Å². The van der Waals surface area contributed by atoms with E-state index in [1.807, 2.05) is 76.4 Å². The van der Waals surface area contributed by atoms with Crippen LogP contribution in [0.1, 0.15) is 22.5 Å². The molecule has 0 spiro atoms. The molecule has 0 atom stereocenters. The summed E-state index contributed by atoms with van der Waals surface area (Å²) in [5.41, 5.74) is 4.65. The van der Waals surface area contributed by atoms with Crippen molar-refractivity contribution >= 4 is 0 Å². The molecule has 0 fully saturated rings. The van der Waals surface area contributed by atoms with Gasteiger partial charge in [0.05, 0.1) is 0 Å². The molecule has 0 unspecified atom stereocenters. The number of aryl methyl sites for hydroxylation is 4. The fraction of sp³-hybridized carbons (Fsp3) is 0.211. The van der Waals surface area contributed by atoms with Gasteiger partial charge in [0.15, 0.2) is 0 Å². The highest BCUT2D eigenvalue weighted by molar-refractivity contribution is 5.08. The molecule has 0 radical (unpaired) electrons. The first kappa shape index (κ1) is 17.5. The Morgan fingerprint density at radius 3 is 1.50 bits per heavy atom.